The molecule has 40 heavy (non-hydrogen) atoms. The van der Waals surface area contributed by atoms with E-state index < -0.39 is 28.5 Å². The zero-order valence-corrected chi connectivity index (χ0v) is 26.4. The molecule has 0 fully saturated rings. The molecule has 7 nitrogen and oxygen atoms in total. The molecule has 2 amide bonds. The number of rotatable bonds is 12. The number of nitrogens with one attached hydrogen (secondary N) is 1. The van der Waals surface area contributed by atoms with Crippen molar-refractivity contribution in [2.45, 2.75) is 45.3 Å². The molecule has 0 unspecified atom stereocenters. The molecule has 1 N–H and O–H groups in total. The van der Waals surface area contributed by atoms with E-state index in [4.69, 9.17) is 23.2 Å². The summed E-state index contributed by atoms with van der Waals surface area (Å²) in [4.78, 5) is 29.2. The highest BCUT2D eigenvalue weighted by Crippen LogP contribution is 2.29. The number of amides is 2. The molecule has 0 heterocycles. The van der Waals surface area contributed by atoms with Crippen LogP contribution < -0.4 is 9.62 Å². The summed E-state index contributed by atoms with van der Waals surface area (Å²) in [5, 5.41) is 3.75. The van der Waals surface area contributed by atoms with Gasteiger partial charge in [0, 0.05) is 33.5 Å². The van der Waals surface area contributed by atoms with E-state index in [1.807, 2.05) is 44.2 Å². The third-order valence-corrected chi connectivity index (χ3v) is 8.81. The van der Waals surface area contributed by atoms with Gasteiger partial charge in [0.1, 0.15) is 12.6 Å². The lowest BCUT2D eigenvalue weighted by Crippen LogP contribution is -2.54. The van der Waals surface area contributed by atoms with E-state index in [0.29, 0.717) is 32.2 Å². The normalized spacial score (nSPS) is 12.8. The lowest BCUT2D eigenvalue weighted by atomic mass is 10.0. The van der Waals surface area contributed by atoms with E-state index in [1.54, 1.807) is 42.5 Å². The van der Waals surface area contributed by atoms with Crippen LogP contribution in [0, 0.1) is 0 Å². The van der Waals surface area contributed by atoms with Crippen LogP contribution >= 0.6 is 39.1 Å². The third kappa shape index (κ3) is 8.70. The van der Waals surface area contributed by atoms with Gasteiger partial charge in [-0.25, -0.2) is 8.42 Å². The number of carbonyl (C=O) groups is 2. The van der Waals surface area contributed by atoms with Crippen molar-refractivity contribution in [3.63, 3.8) is 0 Å². The molecule has 2 atom stereocenters. The minimum Gasteiger partial charge on any atom is -0.352 e. The minimum atomic E-state index is -3.87. The number of halogens is 3. The summed E-state index contributed by atoms with van der Waals surface area (Å²) >= 11 is 16.0. The van der Waals surface area contributed by atoms with Crippen LogP contribution in [0.3, 0.4) is 0 Å². The van der Waals surface area contributed by atoms with Crippen LogP contribution in [0.4, 0.5) is 5.69 Å². The summed E-state index contributed by atoms with van der Waals surface area (Å²) in [6.45, 7) is 3.29. The Morgan fingerprint density at radius 2 is 1.65 bits per heavy atom. The van der Waals surface area contributed by atoms with E-state index in [0.717, 1.165) is 16.1 Å². The Bertz CT molecular complexity index is 1440. The van der Waals surface area contributed by atoms with E-state index >= 15 is 0 Å². The molecule has 0 aromatic heterocycles. The highest BCUT2D eigenvalue weighted by atomic mass is 79.9. The summed E-state index contributed by atoms with van der Waals surface area (Å²) in [5.41, 5.74) is 1.73. The summed E-state index contributed by atoms with van der Waals surface area (Å²) < 4.78 is 27.3. The molecule has 0 spiro atoms. The first kappa shape index (κ1) is 31.9. The number of anilines is 1. The van der Waals surface area contributed by atoms with Crippen LogP contribution in [0.5, 0.6) is 0 Å². The van der Waals surface area contributed by atoms with Gasteiger partial charge in [-0.05, 0) is 64.7 Å². The average Bonchev–Trinajstić information content (AvgIpc) is 2.90. The van der Waals surface area contributed by atoms with Gasteiger partial charge in [0.25, 0.3) is 0 Å². The van der Waals surface area contributed by atoms with E-state index in [2.05, 4.69) is 21.2 Å². The number of carbonyl (C=O) groups excluding carboxylic acids is 2. The SMILES string of the molecule is CC[C@@H](C)NC(=O)[C@@H](Cc1ccccc1)N(Cc1ccc(Cl)cc1Cl)C(=O)CN(c1ccccc1Br)S(C)(=O)=O. The minimum absolute atomic E-state index is 0.0339. The lowest BCUT2D eigenvalue weighted by molar-refractivity contribution is -0.140. The van der Waals surface area contributed by atoms with Crippen molar-refractivity contribution in [2.75, 3.05) is 17.1 Å². The Morgan fingerprint density at radius 3 is 2.25 bits per heavy atom. The molecule has 0 aliphatic carbocycles. The highest BCUT2D eigenvalue weighted by Gasteiger charge is 2.34. The van der Waals surface area contributed by atoms with Crippen LogP contribution in [0.2, 0.25) is 10.0 Å². The second kappa shape index (κ2) is 14.3. The van der Waals surface area contributed by atoms with Crippen LogP contribution in [-0.2, 0) is 32.6 Å². The van der Waals surface area contributed by atoms with Crippen LogP contribution in [0.1, 0.15) is 31.4 Å². The summed E-state index contributed by atoms with van der Waals surface area (Å²) in [6.07, 6.45) is 1.95. The van der Waals surface area contributed by atoms with E-state index in [9.17, 15) is 18.0 Å². The molecule has 0 aliphatic heterocycles. The van der Waals surface area contributed by atoms with Gasteiger partial charge in [0.05, 0.1) is 11.9 Å². The topological polar surface area (TPSA) is 86.8 Å². The van der Waals surface area contributed by atoms with Crippen molar-refractivity contribution in [3.8, 4) is 0 Å². The van der Waals surface area contributed by atoms with Gasteiger partial charge >= 0.3 is 0 Å². The molecule has 3 aromatic rings. The van der Waals surface area contributed by atoms with Crippen molar-refractivity contribution < 1.29 is 18.0 Å². The van der Waals surface area contributed by atoms with Crippen molar-refractivity contribution in [1.29, 1.82) is 0 Å². The summed E-state index contributed by atoms with van der Waals surface area (Å²) in [5.74, 6) is -0.907. The fourth-order valence-electron chi connectivity index (χ4n) is 4.08. The zero-order valence-electron chi connectivity index (χ0n) is 22.5. The van der Waals surface area contributed by atoms with Crippen LogP contribution in [0.25, 0.3) is 0 Å². The second-order valence-electron chi connectivity index (χ2n) is 9.50. The molecule has 11 heteroatoms. The quantitative estimate of drug-likeness (QED) is 0.254. The standard InChI is InChI=1S/C29H32BrCl2N3O4S/c1-4-20(2)33-29(37)27(16-21-10-6-5-7-11-21)34(18-22-14-15-23(31)17-25(22)32)28(36)19-35(40(3,38)39)26-13-9-8-12-24(26)30/h5-15,17,20,27H,4,16,18-19H2,1-3H3,(H,33,37)/t20-,27-/m1/s1. The number of hydrogen-bond acceptors (Lipinski definition) is 4. The molecule has 0 bridgehead atoms. The van der Waals surface area contributed by atoms with Gasteiger partial charge in [-0.3, -0.25) is 13.9 Å². The number of benzene rings is 3. The van der Waals surface area contributed by atoms with Gasteiger partial charge in [0.2, 0.25) is 21.8 Å². The van der Waals surface area contributed by atoms with Gasteiger partial charge in [-0.2, -0.15) is 0 Å². The largest absolute Gasteiger partial charge is 0.352 e. The van der Waals surface area contributed by atoms with E-state index in [1.165, 1.54) is 4.90 Å². The predicted octanol–water partition coefficient (Wildman–Crippen LogP) is 6.08. The average molecular weight is 669 g/mol. The number of sulfonamides is 1. The molecular weight excluding hydrogens is 637 g/mol. The molecule has 0 aliphatic rings. The first-order valence-electron chi connectivity index (χ1n) is 12.7. The first-order chi connectivity index (χ1) is 18.9. The molecule has 3 rings (SSSR count). The molecule has 0 radical (unpaired) electrons. The molecule has 214 valence electrons. The molecule has 0 saturated carbocycles. The Labute approximate surface area is 254 Å². The first-order valence-corrected chi connectivity index (χ1v) is 16.1. The zero-order chi connectivity index (χ0) is 29.4. The summed E-state index contributed by atoms with van der Waals surface area (Å²) in [6, 6.07) is 19.9. The summed E-state index contributed by atoms with van der Waals surface area (Å²) in [7, 11) is -3.87. The van der Waals surface area contributed by atoms with Gasteiger partial charge in [0.15, 0.2) is 0 Å². The Balaban J connectivity index is 2.10. The van der Waals surface area contributed by atoms with Gasteiger partial charge in [-0.1, -0.05) is 78.7 Å². The molecular formula is C29H32BrCl2N3O4S. The van der Waals surface area contributed by atoms with Gasteiger partial charge in [-0.15, -0.1) is 0 Å². The molecule has 3 aromatic carbocycles. The number of hydrogen-bond donors (Lipinski definition) is 1. The smallest absolute Gasteiger partial charge is 0.244 e. The maximum Gasteiger partial charge on any atom is 0.244 e. The maximum atomic E-state index is 14.1. The fourth-order valence-corrected chi connectivity index (χ4v) is 6.02. The van der Waals surface area contributed by atoms with Gasteiger partial charge < -0.3 is 10.2 Å². The van der Waals surface area contributed by atoms with E-state index in [-0.39, 0.29) is 24.9 Å². The highest BCUT2D eigenvalue weighted by molar-refractivity contribution is 9.10. The van der Waals surface area contributed by atoms with Crippen molar-refractivity contribution >= 4 is 66.7 Å². The third-order valence-electron chi connectivity index (χ3n) is 6.43. The van der Waals surface area contributed by atoms with Crippen molar-refractivity contribution in [1.82, 2.24) is 10.2 Å². The predicted molar refractivity (Wildman–Crippen MR) is 165 cm³/mol. The maximum absolute atomic E-state index is 14.1. The number of nitrogens with zero attached hydrogens (tertiary/aromatic N) is 2. The van der Waals surface area contributed by atoms with Crippen molar-refractivity contribution in [2.24, 2.45) is 0 Å². The van der Waals surface area contributed by atoms with Crippen molar-refractivity contribution in [3.05, 3.63) is 98.4 Å². The Kier molecular flexibility index (Phi) is 11.5. The molecule has 0 saturated heterocycles. The van der Waals surface area contributed by atoms with Crippen LogP contribution in [0.15, 0.2) is 77.3 Å². The Hall–Kier alpha value is -2.59. The second-order valence-corrected chi connectivity index (χ2v) is 13.1. The monoisotopic (exact) mass is 667 g/mol. The fraction of sp³-hybridized carbons (Fsp3) is 0.310. The Morgan fingerprint density at radius 1 is 1.00 bits per heavy atom. The van der Waals surface area contributed by atoms with Crippen LogP contribution in [-0.4, -0.2) is 50.0 Å². The number of para-hydroxylation sites is 1. The lowest BCUT2D eigenvalue weighted by Gasteiger charge is -2.34.